The molecule has 1 heterocycles. The second kappa shape index (κ2) is 4.89. The summed E-state index contributed by atoms with van der Waals surface area (Å²) in [6, 6.07) is 5.49. The van der Waals surface area contributed by atoms with E-state index in [2.05, 4.69) is 10.2 Å². The first-order valence-electron chi connectivity index (χ1n) is 5.11. The van der Waals surface area contributed by atoms with Gasteiger partial charge >= 0.3 is 0 Å². The van der Waals surface area contributed by atoms with Gasteiger partial charge in [-0.25, -0.2) is 0 Å². The molecule has 0 aliphatic rings. The molecule has 17 heavy (non-hydrogen) atoms. The maximum absolute atomic E-state index is 6.12. The zero-order valence-corrected chi connectivity index (χ0v) is 11.2. The summed E-state index contributed by atoms with van der Waals surface area (Å²) in [5.41, 5.74) is 7.45. The Morgan fingerprint density at radius 2 is 2.18 bits per heavy atom. The average molecular weight is 269 g/mol. The van der Waals surface area contributed by atoms with E-state index in [-0.39, 0.29) is 0 Å². The molecule has 2 rings (SSSR count). The van der Waals surface area contributed by atoms with Crippen LogP contribution in [0.25, 0.3) is 0 Å². The summed E-state index contributed by atoms with van der Waals surface area (Å²) in [6.45, 7) is 2.60. The van der Waals surface area contributed by atoms with Crippen LogP contribution in [0.2, 0.25) is 5.02 Å². The molecule has 0 amide bonds. The van der Waals surface area contributed by atoms with Gasteiger partial charge in [-0.1, -0.05) is 22.9 Å². The maximum Gasteiger partial charge on any atom is 0.208 e. The Balaban J connectivity index is 2.18. The zero-order chi connectivity index (χ0) is 12.4. The fourth-order valence-electron chi connectivity index (χ4n) is 1.48. The molecular weight excluding hydrogens is 256 g/mol. The third kappa shape index (κ3) is 2.87. The van der Waals surface area contributed by atoms with Crippen LogP contribution >= 0.6 is 22.9 Å². The number of nitrogen functional groups attached to an aromatic ring is 1. The number of nitrogens with two attached hydrogens (primary N) is 1. The van der Waals surface area contributed by atoms with Crippen LogP contribution < -0.4 is 10.6 Å². The minimum atomic E-state index is 0.665. The molecule has 0 bridgehead atoms. The molecule has 0 aliphatic carbocycles. The molecule has 1 aromatic carbocycles. The van der Waals surface area contributed by atoms with Crippen molar-refractivity contribution in [2.75, 3.05) is 17.7 Å². The Morgan fingerprint density at radius 3 is 2.82 bits per heavy atom. The van der Waals surface area contributed by atoms with Gasteiger partial charge < -0.3 is 10.6 Å². The lowest BCUT2D eigenvalue weighted by Crippen LogP contribution is -2.16. The molecule has 0 fully saturated rings. The SMILES string of the molecule is Cc1nnc(N(C)Cc2cc(N)ccc2Cl)s1. The molecule has 0 saturated heterocycles. The molecule has 0 spiro atoms. The Morgan fingerprint density at radius 1 is 1.41 bits per heavy atom. The highest BCUT2D eigenvalue weighted by Crippen LogP contribution is 2.24. The number of nitrogens with zero attached hydrogens (tertiary/aromatic N) is 3. The topological polar surface area (TPSA) is 55.0 Å². The fourth-order valence-corrected chi connectivity index (χ4v) is 2.30. The number of benzene rings is 1. The summed E-state index contributed by atoms with van der Waals surface area (Å²) >= 11 is 7.67. The standard InChI is InChI=1S/C11H13ClN4S/c1-7-14-15-11(17-7)16(2)6-8-5-9(13)3-4-10(8)12/h3-5H,6,13H2,1-2H3. The highest BCUT2D eigenvalue weighted by Gasteiger charge is 2.09. The van der Waals surface area contributed by atoms with Crippen molar-refractivity contribution in [2.45, 2.75) is 13.5 Å². The van der Waals surface area contributed by atoms with Gasteiger partial charge in [0.05, 0.1) is 0 Å². The fraction of sp³-hybridized carbons (Fsp3) is 0.273. The number of hydrogen-bond donors (Lipinski definition) is 1. The summed E-state index contributed by atoms with van der Waals surface area (Å²) < 4.78 is 0. The van der Waals surface area contributed by atoms with Gasteiger partial charge in [-0.2, -0.15) is 0 Å². The van der Waals surface area contributed by atoms with Crippen molar-refractivity contribution in [2.24, 2.45) is 0 Å². The summed E-state index contributed by atoms with van der Waals surface area (Å²) in [5.74, 6) is 0. The van der Waals surface area contributed by atoms with Gasteiger partial charge in [0.2, 0.25) is 5.13 Å². The molecule has 0 aliphatic heterocycles. The highest BCUT2D eigenvalue weighted by atomic mass is 35.5. The van der Waals surface area contributed by atoms with Gasteiger partial charge in [-0.05, 0) is 30.7 Å². The molecular formula is C11H13ClN4S. The Bertz CT molecular complexity index is 526. The molecule has 0 saturated carbocycles. The van der Waals surface area contributed by atoms with Gasteiger partial charge in [0.25, 0.3) is 0 Å². The van der Waals surface area contributed by atoms with E-state index in [1.807, 2.05) is 31.0 Å². The number of anilines is 2. The monoisotopic (exact) mass is 268 g/mol. The van der Waals surface area contributed by atoms with Crippen LogP contribution in [0.3, 0.4) is 0 Å². The van der Waals surface area contributed by atoms with E-state index in [1.54, 1.807) is 17.4 Å². The van der Waals surface area contributed by atoms with E-state index in [0.29, 0.717) is 17.3 Å². The first kappa shape index (κ1) is 12.1. The van der Waals surface area contributed by atoms with Gasteiger partial charge in [0.1, 0.15) is 5.01 Å². The quantitative estimate of drug-likeness (QED) is 0.870. The van der Waals surface area contributed by atoms with Gasteiger partial charge in [0.15, 0.2) is 0 Å². The number of aromatic nitrogens is 2. The Labute approximate surface area is 109 Å². The van der Waals surface area contributed by atoms with E-state index < -0.39 is 0 Å². The highest BCUT2D eigenvalue weighted by molar-refractivity contribution is 7.15. The summed E-state index contributed by atoms with van der Waals surface area (Å²) in [4.78, 5) is 2.01. The third-order valence-electron chi connectivity index (χ3n) is 2.32. The van der Waals surface area contributed by atoms with Crippen LogP contribution in [0.5, 0.6) is 0 Å². The minimum Gasteiger partial charge on any atom is -0.399 e. The van der Waals surface area contributed by atoms with Crippen LogP contribution in [0.1, 0.15) is 10.6 Å². The van der Waals surface area contributed by atoms with Crippen LogP contribution in [0.15, 0.2) is 18.2 Å². The molecule has 0 atom stereocenters. The predicted molar refractivity (Wildman–Crippen MR) is 72.6 cm³/mol. The first-order valence-corrected chi connectivity index (χ1v) is 6.31. The van der Waals surface area contributed by atoms with Crippen molar-refractivity contribution in [3.05, 3.63) is 33.8 Å². The smallest absolute Gasteiger partial charge is 0.208 e. The van der Waals surface area contributed by atoms with Crippen molar-refractivity contribution in [3.63, 3.8) is 0 Å². The summed E-state index contributed by atoms with van der Waals surface area (Å²) in [5, 5.41) is 10.6. The van der Waals surface area contributed by atoms with E-state index in [4.69, 9.17) is 17.3 Å². The summed E-state index contributed by atoms with van der Waals surface area (Å²) in [7, 11) is 1.96. The molecule has 90 valence electrons. The van der Waals surface area contributed by atoms with Crippen molar-refractivity contribution < 1.29 is 0 Å². The molecule has 0 radical (unpaired) electrons. The van der Waals surface area contributed by atoms with Crippen molar-refractivity contribution in [3.8, 4) is 0 Å². The number of halogens is 1. The van der Waals surface area contributed by atoms with Gasteiger partial charge in [-0.3, -0.25) is 0 Å². The van der Waals surface area contributed by atoms with Crippen molar-refractivity contribution in [1.29, 1.82) is 0 Å². The summed E-state index contributed by atoms with van der Waals surface area (Å²) in [6.07, 6.45) is 0. The lowest BCUT2D eigenvalue weighted by atomic mass is 10.2. The molecule has 2 N–H and O–H groups in total. The second-order valence-corrected chi connectivity index (χ2v) is 5.38. The third-order valence-corrected chi connectivity index (χ3v) is 3.64. The number of rotatable bonds is 3. The van der Waals surface area contributed by atoms with Crippen LogP contribution in [-0.2, 0) is 6.54 Å². The van der Waals surface area contributed by atoms with E-state index in [0.717, 1.165) is 15.7 Å². The molecule has 6 heteroatoms. The Kier molecular flexibility index (Phi) is 3.49. The molecule has 4 nitrogen and oxygen atoms in total. The van der Waals surface area contributed by atoms with Crippen LogP contribution in [0.4, 0.5) is 10.8 Å². The van der Waals surface area contributed by atoms with E-state index in [1.165, 1.54) is 0 Å². The largest absolute Gasteiger partial charge is 0.399 e. The number of hydrogen-bond acceptors (Lipinski definition) is 5. The van der Waals surface area contributed by atoms with Crippen molar-refractivity contribution >= 4 is 33.8 Å². The lowest BCUT2D eigenvalue weighted by molar-refractivity contribution is 0.891. The van der Waals surface area contributed by atoms with Gasteiger partial charge in [0, 0.05) is 24.3 Å². The minimum absolute atomic E-state index is 0.665. The second-order valence-electron chi connectivity index (χ2n) is 3.81. The Hall–Kier alpha value is -1.33. The maximum atomic E-state index is 6.12. The van der Waals surface area contributed by atoms with Crippen molar-refractivity contribution in [1.82, 2.24) is 10.2 Å². The molecule has 1 aromatic heterocycles. The number of aryl methyl sites for hydroxylation is 1. The molecule has 2 aromatic rings. The molecule has 0 unspecified atom stereocenters. The van der Waals surface area contributed by atoms with E-state index in [9.17, 15) is 0 Å². The predicted octanol–water partition coefficient (Wildman–Crippen LogP) is 2.72. The normalized spacial score (nSPS) is 10.5. The zero-order valence-electron chi connectivity index (χ0n) is 9.64. The lowest BCUT2D eigenvalue weighted by Gasteiger charge is -2.16. The van der Waals surface area contributed by atoms with Crippen LogP contribution in [-0.4, -0.2) is 17.2 Å². The average Bonchev–Trinajstić information content (AvgIpc) is 2.70. The first-order chi connectivity index (χ1) is 8.06. The van der Waals surface area contributed by atoms with Gasteiger partial charge in [-0.15, -0.1) is 10.2 Å². The van der Waals surface area contributed by atoms with Crippen LogP contribution in [0, 0.1) is 6.92 Å². The van der Waals surface area contributed by atoms with E-state index >= 15 is 0 Å².